The molecule has 2 aromatic carbocycles. The van der Waals surface area contributed by atoms with Gasteiger partial charge in [-0.25, -0.2) is 13.6 Å². The van der Waals surface area contributed by atoms with Gasteiger partial charge in [0.15, 0.2) is 0 Å². The van der Waals surface area contributed by atoms with Crippen LogP contribution in [0.4, 0.5) is 25.0 Å². The van der Waals surface area contributed by atoms with Crippen molar-refractivity contribution in [3.8, 4) is 0 Å². The monoisotopic (exact) mass is 349 g/mol. The lowest BCUT2D eigenvalue weighted by Gasteiger charge is -2.24. The predicted molar refractivity (Wildman–Crippen MR) is 93.7 cm³/mol. The molecule has 0 radical (unpaired) electrons. The molecule has 2 aromatic rings. The molecule has 0 aromatic heterocycles. The molecule has 0 heterocycles. The molecule has 3 N–H and O–H groups in total. The lowest BCUT2D eigenvalue weighted by molar-refractivity contribution is 0.0561. The number of benzene rings is 2. The number of urea groups is 1. The number of carbonyl (C=O) groups excluding carboxylic acids is 1. The number of hydrogen-bond acceptors (Lipinski definition) is 3. The van der Waals surface area contributed by atoms with E-state index in [-0.39, 0.29) is 12.1 Å². The minimum Gasteiger partial charge on any atom is -0.383 e. The first-order valence-electron chi connectivity index (χ1n) is 7.69. The van der Waals surface area contributed by atoms with Crippen LogP contribution in [0.15, 0.2) is 42.5 Å². The Morgan fingerprint density at radius 2 is 1.80 bits per heavy atom. The van der Waals surface area contributed by atoms with Crippen molar-refractivity contribution in [1.29, 1.82) is 0 Å². The molecule has 1 atom stereocenters. The summed E-state index contributed by atoms with van der Waals surface area (Å²) in [4.78, 5) is 13.9. The highest BCUT2D eigenvalue weighted by atomic mass is 19.1. The third-order valence-corrected chi connectivity index (χ3v) is 3.75. The van der Waals surface area contributed by atoms with Gasteiger partial charge in [-0.05, 0) is 37.3 Å². The van der Waals surface area contributed by atoms with E-state index in [1.54, 1.807) is 12.1 Å². The zero-order chi connectivity index (χ0) is 18.6. The Kier molecular flexibility index (Phi) is 5.58. The van der Waals surface area contributed by atoms with Crippen LogP contribution in [0.2, 0.25) is 0 Å². The van der Waals surface area contributed by atoms with Gasteiger partial charge in [0.25, 0.3) is 0 Å². The number of nitrogens with zero attached hydrogens (tertiary/aromatic N) is 1. The average Bonchev–Trinajstić information content (AvgIpc) is 2.53. The van der Waals surface area contributed by atoms with Crippen molar-refractivity contribution < 1.29 is 18.7 Å². The van der Waals surface area contributed by atoms with Crippen molar-refractivity contribution in [2.45, 2.75) is 12.5 Å². The largest absolute Gasteiger partial charge is 0.383 e. The number of hydrogen-bond donors (Lipinski definition) is 3. The van der Waals surface area contributed by atoms with Crippen LogP contribution in [-0.2, 0) is 5.60 Å². The maximum Gasteiger partial charge on any atom is 0.319 e. The fraction of sp³-hybridized carbons (Fsp3) is 0.278. The predicted octanol–water partition coefficient (Wildman–Crippen LogP) is 3.06. The van der Waals surface area contributed by atoms with E-state index in [2.05, 4.69) is 10.6 Å². The van der Waals surface area contributed by atoms with Crippen molar-refractivity contribution >= 4 is 17.4 Å². The molecule has 5 nitrogen and oxygen atoms in total. The molecule has 25 heavy (non-hydrogen) atoms. The van der Waals surface area contributed by atoms with E-state index in [0.29, 0.717) is 11.8 Å². The zero-order valence-electron chi connectivity index (χ0n) is 14.3. The molecule has 7 heteroatoms. The van der Waals surface area contributed by atoms with Gasteiger partial charge in [-0.15, -0.1) is 0 Å². The highest BCUT2D eigenvalue weighted by Gasteiger charge is 2.27. The SMILES string of the molecule is CN(C)c1ccc(NC(=O)NCC(C)(O)c2ccc(F)cc2F)cc1. The summed E-state index contributed by atoms with van der Waals surface area (Å²) >= 11 is 0. The Labute approximate surface area is 145 Å². The molecule has 0 saturated heterocycles. The Bertz CT molecular complexity index is 746. The Morgan fingerprint density at radius 3 is 2.36 bits per heavy atom. The van der Waals surface area contributed by atoms with Crippen LogP contribution < -0.4 is 15.5 Å². The Hall–Kier alpha value is -2.67. The van der Waals surface area contributed by atoms with E-state index in [0.717, 1.165) is 17.8 Å². The second kappa shape index (κ2) is 7.48. The molecule has 0 aliphatic rings. The number of amides is 2. The highest BCUT2D eigenvalue weighted by Crippen LogP contribution is 2.23. The minimum atomic E-state index is -1.68. The van der Waals surface area contributed by atoms with Gasteiger partial charge in [0.05, 0.1) is 6.54 Å². The first-order chi connectivity index (χ1) is 11.7. The van der Waals surface area contributed by atoms with E-state index >= 15 is 0 Å². The Balaban J connectivity index is 1.96. The van der Waals surface area contributed by atoms with Crippen LogP contribution in [0, 0.1) is 11.6 Å². The number of halogens is 2. The Morgan fingerprint density at radius 1 is 1.16 bits per heavy atom. The molecule has 0 aliphatic heterocycles. The zero-order valence-corrected chi connectivity index (χ0v) is 14.3. The first kappa shape index (κ1) is 18.7. The summed E-state index contributed by atoms with van der Waals surface area (Å²) < 4.78 is 26.8. The summed E-state index contributed by atoms with van der Waals surface area (Å²) in [5, 5.41) is 15.5. The van der Waals surface area contributed by atoms with Crippen LogP contribution in [0.3, 0.4) is 0 Å². The van der Waals surface area contributed by atoms with Gasteiger partial charge < -0.3 is 20.6 Å². The van der Waals surface area contributed by atoms with E-state index < -0.39 is 23.3 Å². The lowest BCUT2D eigenvalue weighted by atomic mass is 9.95. The molecule has 0 saturated carbocycles. The second-order valence-corrected chi connectivity index (χ2v) is 6.15. The highest BCUT2D eigenvalue weighted by molar-refractivity contribution is 5.89. The topological polar surface area (TPSA) is 64.6 Å². The van der Waals surface area contributed by atoms with Crippen LogP contribution >= 0.6 is 0 Å². The van der Waals surface area contributed by atoms with Gasteiger partial charge in [-0.1, -0.05) is 6.07 Å². The molecule has 0 bridgehead atoms. The quantitative estimate of drug-likeness (QED) is 0.777. The fourth-order valence-corrected chi connectivity index (χ4v) is 2.29. The molecule has 0 aliphatic carbocycles. The number of aliphatic hydroxyl groups is 1. The van der Waals surface area contributed by atoms with Gasteiger partial charge in [0.2, 0.25) is 0 Å². The van der Waals surface area contributed by atoms with Crippen LogP contribution in [0.25, 0.3) is 0 Å². The second-order valence-electron chi connectivity index (χ2n) is 6.15. The van der Waals surface area contributed by atoms with Crippen molar-refractivity contribution in [3.05, 3.63) is 59.7 Å². The van der Waals surface area contributed by atoms with Crippen LogP contribution in [0.1, 0.15) is 12.5 Å². The van der Waals surface area contributed by atoms with Crippen molar-refractivity contribution in [2.24, 2.45) is 0 Å². The summed E-state index contributed by atoms with van der Waals surface area (Å²) in [7, 11) is 3.82. The summed E-state index contributed by atoms with van der Waals surface area (Å²) in [5.74, 6) is -1.60. The third-order valence-electron chi connectivity index (χ3n) is 3.75. The number of nitrogens with one attached hydrogen (secondary N) is 2. The number of carbonyl (C=O) groups is 1. The molecule has 0 spiro atoms. The summed E-state index contributed by atoms with van der Waals surface area (Å²) in [6.45, 7) is 1.10. The van der Waals surface area contributed by atoms with Crippen LogP contribution in [-0.4, -0.2) is 31.8 Å². The number of anilines is 2. The first-order valence-corrected chi connectivity index (χ1v) is 7.69. The van der Waals surface area contributed by atoms with Gasteiger partial charge in [-0.2, -0.15) is 0 Å². The standard InChI is InChI=1S/C18H21F2N3O2/c1-18(25,15-9-4-12(19)10-16(15)20)11-21-17(24)22-13-5-7-14(8-6-13)23(2)3/h4-10,25H,11H2,1-3H3,(H2,21,22,24). The maximum absolute atomic E-state index is 13.8. The summed E-state index contributed by atoms with van der Waals surface area (Å²) in [6, 6.07) is 9.54. The molecule has 1 unspecified atom stereocenters. The van der Waals surface area contributed by atoms with Crippen LogP contribution in [0.5, 0.6) is 0 Å². The third kappa shape index (κ3) is 4.90. The van der Waals surface area contributed by atoms with Gasteiger partial charge in [0, 0.05) is 37.1 Å². The normalized spacial score (nSPS) is 13.0. The molecule has 0 fully saturated rings. The molecule has 2 rings (SSSR count). The maximum atomic E-state index is 13.8. The summed E-state index contributed by atoms with van der Waals surface area (Å²) in [5.41, 5.74) is -0.204. The minimum absolute atomic E-state index is 0.0930. The van der Waals surface area contributed by atoms with Crippen molar-refractivity contribution in [3.63, 3.8) is 0 Å². The number of rotatable bonds is 5. The van der Waals surface area contributed by atoms with Gasteiger partial charge >= 0.3 is 6.03 Å². The van der Waals surface area contributed by atoms with Gasteiger partial charge in [0.1, 0.15) is 17.2 Å². The van der Waals surface area contributed by atoms with Crippen molar-refractivity contribution in [2.75, 3.05) is 30.9 Å². The lowest BCUT2D eigenvalue weighted by Crippen LogP contribution is -2.41. The van der Waals surface area contributed by atoms with Gasteiger partial charge in [-0.3, -0.25) is 0 Å². The van der Waals surface area contributed by atoms with E-state index in [9.17, 15) is 18.7 Å². The van der Waals surface area contributed by atoms with E-state index in [1.165, 1.54) is 6.92 Å². The van der Waals surface area contributed by atoms with E-state index in [1.807, 2.05) is 31.1 Å². The molecule has 134 valence electrons. The molecular weight excluding hydrogens is 328 g/mol. The van der Waals surface area contributed by atoms with E-state index in [4.69, 9.17) is 0 Å². The smallest absolute Gasteiger partial charge is 0.319 e. The molecule has 2 amide bonds. The van der Waals surface area contributed by atoms with Crippen molar-refractivity contribution in [1.82, 2.24) is 5.32 Å². The molecular formula is C18H21F2N3O2. The average molecular weight is 349 g/mol. The summed E-state index contributed by atoms with van der Waals surface area (Å²) in [6.07, 6.45) is 0. The fourth-order valence-electron chi connectivity index (χ4n) is 2.29.